The second kappa shape index (κ2) is 57.8. The number of carbonyl (C=O) groups is 6. The molecule has 0 aromatic rings. The van der Waals surface area contributed by atoms with Gasteiger partial charge in [0.05, 0.1) is 26.4 Å². The SMILES string of the molecule is CCCCCCCCCCCCCC(=O)O[C@@H]1[C@H](NC(=O)CCCCCCCNC(=O)CCCCC)[C@H](OC[C@H]2O[C@H](OCCOP)[C@@H](NC(=O)CCCCCCCNC(=O)CCCCC)[C@@H](OC(=O)CCCCCCCCCCCCC)[C@@H]2O)O[C@H](CO)[C@H]1OP(=O)(O)O. The van der Waals surface area contributed by atoms with Gasteiger partial charge in [0.1, 0.15) is 36.5 Å². The number of hydrogen-bond acceptors (Lipinski definition) is 17. The highest BCUT2D eigenvalue weighted by Crippen LogP contribution is 2.42. The van der Waals surface area contributed by atoms with Gasteiger partial charge in [0.2, 0.25) is 23.6 Å². The second-order valence-corrected chi connectivity index (χ2v) is 27.7. The molecule has 0 aromatic heterocycles. The van der Waals surface area contributed by atoms with Gasteiger partial charge in [-0.1, -0.05) is 220 Å². The summed E-state index contributed by atoms with van der Waals surface area (Å²) in [6.07, 6.45) is 24.6. The molecular weight excluding hydrogens is 1260 g/mol. The third-order valence-electron chi connectivity index (χ3n) is 17.6. The average molecular weight is 1400 g/mol. The van der Waals surface area contributed by atoms with Gasteiger partial charge in [0, 0.05) is 61.1 Å². The number of nitrogens with one attached hydrogen (secondary N) is 4. The van der Waals surface area contributed by atoms with Crippen LogP contribution in [-0.4, -0.2) is 156 Å². The molecule has 0 spiro atoms. The molecule has 8 N–H and O–H groups in total. The van der Waals surface area contributed by atoms with Gasteiger partial charge in [0.15, 0.2) is 24.8 Å². The van der Waals surface area contributed by atoms with E-state index in [1.807, 2.05) is 0 Å². The van der Waals surface area contributed by atoms with Crippen molar-refractivity contribution in [3.63, 3.8) is 0 Å². The molecule has 2 heterocycles. The fourth-order valence-electron chi connectivity index (χ4n) is 12.1. The summed E-state index contributed by atoms with van der Waals surface area (Å²) < 4.78 is 60.5. The number of phosphoric ester groups is 1. The van der Waals surface area contributed by atoms with Crippen LogP contribution in [0.4, 0.5) is 0 Å². The highest BCUT2D eigenvalue weighted by molar-refractivity contribution is 7.46. The first-order valence-corrected chi connectivity index (χ1v) is 39.4. The third-order valence-corrected chi connectivity index (χ3v) is 18.4. The minimum Gasteiger partial charge on any atom is -0.457 e. The van der Waals surface area contributed by atoms with Crippen molar-refractivity contribution in [1.82, 2.24) is 21.3 Å². The van der Waals surface area contributed by atoms with E-state index < -0.39 is 106 Å². The van der Waals surface area contributed by atoms with Crippen molar-refractivity contribution in [3.8, 4) is 0 Å². The Bertz CT molecular complexity index is 2030. The minimum atomic E-state index is -5.40. The Kier molecular flexibility index (Phi) is 53.6. The molecule has 556 valence electrons. The molecule has 2 saturated heterocycles. The maximum Gasteiger partial charge on any atom is 0.470 e. The topological polar surface area (TPSA) is 322 Å². The fourth-order valence-corrected chi connectivity index (χ4v) is 12.7. The van der Waals surface area contributed by atoms with E-state index in [4.69, 9.17) is 37.5 Å². The lowest BCUT2D eigenvalue weighted by molar-refractivity contribution is -0.304. The summed E-state index contributed by atoms with van der Waals surface area (Å²) in [6.45, 7) is 8.23. The maximum atomic E-state index is 14.1. The number of unbranched alkanes of at least 4 members (excludes halogenated alkanes) is 32. The van der Waals surface area contributed by atoms with Gasteiger partial charge in [-0.25, -0.2) is 4.57 Å². The zero-order chi connectivity index (χ0) is 69.6. The Hall–Kier alpha value is -2.92. The minimum absolute atomic E-state index is 0.0206. The number of amides is 4. The molecule has 2 aliphatic heterocycles. The molecule has 0 radical (unpaired) electrons. The van der Waals surface area contributed by atoms with Gasteiger partial charge >= 0.3 is 19.8 Å². The first-order chi connectivity index (χ1) is 46.0. The van der Waals surface area contributed by atoms with Crippen LogP contribution in [0.5, 0.6) is 0 Å². The molecule has 0 saturated carbocycles. The zero-order valence-electron chi connectivity index (χ0n) is 59.1. The molecule has 25 heteroatoms. The Morgan fingerprint density at radius 1 is 0.421 bits per heavy atom. The van der Waals surface area contributed by atoms with Gasteiger partial charge in [0.25, 0.3) is 0 Å². The third kappa shape index (κ3) is 44.1. The van der Waals surface area contributed by atoms with Crippen molar-refractivity contribution in [2.45, 2.75) is 371 Å². The first-order valence-electron chi connectivity index (χ1n) is 37.4. The van der Waals surface area contributed by atoms with Gasteiger partial charge in [-0.3, -0.25) is 33.3 Å². The molecule has 4 amide bonds. The van der Waals surface area contributed by atoms with Crippen molar-refractivity contribution in [2.24, 2.45) is 0 Å². The van der Waals surface area contributed by atoms with E-state index in [0.717, 1.165) is 141 Å². The van der Waals surface area contributed by atoms with E-state index in [0.29, 0.717) is 58.0 Å². The number of carbonyl (C=O) groups excluding carboxylic acids is 6. The van der Waals surface area contributed by atoms with Crippen molar-refractivity contribution in [1.29, 1.82) is 0 Å². The van der Waals surface area contributed by atoms with Crippen LogP contribution in [0, 0.1) is 0 Å². The number of esters is 2. The van der Waals surface area contributed by atoms with E-state index in [1.165, 1.54) is 70.6 Å². The van der Waals surface area contributed by atoms with Crippen molar-refractivity contribution < 1.29 is 90.8 Å². The summed E-state index contributed by atoms with van der Waals surface area (Å²) in [5.74, 6) is -2.22. The fraction of sp³-hybridized carbons (Fsp3) is 0.914. The highest BCUT2D eigenvalue weighted by atomic mass is 31.2. The Morgan fingerprint density at radius 3 is 1.17 bits per heavy atom. The summed E-state index contributed by atoms with van der Waals surface area (Å²) in [6, 6.07) is -2.75. The molecule has 2 aliphatic rings. The number of aliphatic hydroxyl groups excluding tert-OH is 2. The summed E-state index contributed by atoms with van der Waals surface area (Å²) in [7, 11) is -3.27. The van der Waals surface area contributed by atoms with Crippen LogP contribution in [0.3, 0.4) is 0 Å². The molecule has 95 heavy (non-hydrogen) atoms. The van der Waals surface area contributed by atoms with Gasteiger partial charge in [-0.15, -0.1) is 0 Å². The highest BCUT2D eigenvalue weighted by Gasteiger charge is 2.54. The van der Waals surface area contributed by atoms with Crippen LogP contribution in [0.1, 0.15) is 310 Å². The van der Waals surface area contributed by atoms with Crippen molar-refractivity contribution >= 4 is 52.9 Å². The normalized spacial score (nSPS) is 21.3. The second-order valence-electron chi connectivity index (χ2n) is 26.2. The predicted octanol–water partition coefficient (Wildman–Crippen LogP) is 12.4. The molecule has 11 atom stereocenters. The number of aliphatic hydroxyl groups is 2. The monoisotopic (exact) mass is 1390 g/mol. The predicted molar refractivity (Wildman–Crippen MR) is 370 cm³/mol. The number of rotatable bonds is 62. The van der Waals surface area contributed by atoms with Crippen molar-refractivity contribution in [2.75, 3.05) is 39.5 Å². The molecule has 0 aromatic carbocycles. The number of phosphoric acid groups is 1. The molecule has 1 unspecified atom stereocenters. The molecule has 0 bridgehead atoms. The number of hydrogen-bond donors (Lipinski definition) is 8. The smallest absolute Gasteiger partial charge is 0.457 e. The molecule has 2 rings (SSSR count). The largest absolute Gasteiger partial charge is 0.470 e. The van der Waals surface area contributed by atoms with E-state index in [9.17, 15) is 53.3 Å². The Morgan fingerprint density at radius 2 is 0.758 bits per heavy atom. The van der Waals surface area contributed by atoms with Crippen LogP contribution >= 0.6 is 17.3 Å². The van der Waals surface area contributed by atoms with Gasteiger partial charge in [-0.05, 0) is 51.4 Å². The summed E-state index contributed by atoms with van der Waals surface area (Å²) in [4.78, 5) is 101. The molecular formula is C70H132N4O19P2. The lowest BCUT2D eigenvalue weighted by Gasteiger charge is -2.47. The van der Waals surface area contributed by atoms with Crippen LogP contribution in [0.15, 0.2) is 0 Å². The van der Waals surface area contributed by atoms with E-state index >= 15 is 0 Å². The van der Waals surface area contributed by atoms with Crippen LogP contribution in [0.25, 0.3) is 0 Å². The van der Waals surface area contributed by atoms with Gasteiger partial charge in [-0.2, -0.15) is 0 Å². The van der Waals surface area contributed by atoms with E-state index in [2.05, 4.69) is 58.4 Å². The molecule has 0 aliphatic carbocycles. The van der Waals surface area contributed by atoms with Crippen LogP contribution in [-0.2, 0) is 70.8 Å². The molecule has 2 fully saturated rings. The van der Waals surface area contributed by atoms with Gasteiger partial charge < -0.3 is 74.2 Å². The Labute approximate surface area is 573 Å². The Balaban J connectivity index is 2.43. The summed E-state index contributed by atoms with van der Waals surface area (Å²) >= 11 is 0. The standard InChI is InChI=1S/C70H132N4O19P2/c1-5-9-13-15-17-19-21-23-25-31-39-47-61(80)91-67-63(73-59(78)45-37-29-27-33-41-49-71-57(76)43-35-11-7-3)69(86-51-52-88-94)90-56(65(67)82)54-87-70-64(74-60(79)46-38-30-28-34-42-50-72-58(77)44-36-12-8-4)68(66(55(53-75)89-70)93-95(83,84)85)92-62(81)48-40-32-26-24-22-20-18-16-14-10-6-2/h55-56,63-70,75,82H,5-54,94H2,1-4H3,(H,71,76)(H,72,77)(H,73,78)(H,74,79)(H2,83,84,85)/t55-,56-,63+,64+,65-,66-,67-,68-,69+,70-/m1/s1. The van der Waals surface area contributed by atoms with E-state index in [-0.39, 0.29) is 50.7 Å². The number of ether oxygens (including phenoxy) is 6. The first kappa shape index (κ1) is 88.2. The lowest BCUT2D eigenvalue weighted by atomic mass is 9.95. The zero-order valence-corrected chi connectivity index (χ0v) is 61.1. The summed E-state index contributed by atoms with van der Waals surface area (Å²) in [5.41, 5.74) is 0. The van der Waals surface area contributed by atoms with Crippen LogP contribution < -0.4 is 21.3 Å². The maximum absolute atomic E-state index is 14.1. The summed E-state index contributed by atoms with van der Waals surface area (Å²) in [5, 5.41) is 34.9. The average Bonchev–Trinajstić information content (AvgIpc) is 0.792. The molecule has 23 nitrogen and oxygen atoms in total. The van der Waals surface area contributed by atoms with Crippen molar-refractivity contribution in [3.05, 3.63) is 0 Å². The van der Waals surface area contributed by atoms with E-state index in [1.54, 1.807) is 0 Å². The lowest BCUT2D eigenvalue weighted by Crippen LogP contribution is -2.68. The van der Waals surface area contributed by atoms with Crippen LogP contribution in [0.2, 0.25) is 0 Å². The quantitative estimate of drug-likeness (QED) is 0.0159.